The van der Waals surface area contributed by atoms with Crippen molar-refractivity contribution in [3.05, 3.63) is 28.0 Å². The van der Waals surface area contributed by atoms with Gasteiger partial charge in [0, 0.05) is 12.0 Å². The SMILES string of the molecule is Ic1nn(C2CCCCO2)c2ccccc12. The summed E-state index contributed by atoms with van der Waals surface area (Å²) in [5, 5.41) is 5.81. The van der Waals surface area contributed by atoms with Crippen LogP contribution in [0.25, 0.3) is 10.9 Å². The Bertz CT molecular complexity index is 503. The van der Waals surface area contributed by atoms with Gasteiger partial charge in [0.1, 0.15) is 3.70 Å². The van der Waals surface area contributed by atoms with Crippen LogP contribution in [0, 0.1) is 3.70 Å². The van der Waals surface area contributed by atoms with Crippen LogP contribution in [-0.2, 0) is 4.74 Å². The van der Waals surface area contributed by atoms with E-state index in [1.54, 1.807) is 0 Å². The zero-order chi connectivity index (χ0) is 11.0. The molecule has 3 nitrogen and oxygen atoms in total. The zero-order valence-corrected chi connectivity index (χ0v) is 11.1. The van der Waals surface area contributed by atoms with Crippen molar-refractivity contribution in [2.75, 3.05) is 6.61 Å². The standard InChI is InChI=1S/C12H13IN2O/c13-12-9-5-1-2-6-10(9)15(14-12)11-7-3-4-8-16-11/h1-2,5-6,11H,3-4,7-8H2. The van der Waals surface area contributed by atoms with Gasteiger partial charge in [0.25, 0.3) is 0 Å². The topological polar surface area (TPSA) is 27.1 Å². The number of fused-ring (bicyclic) bond motifs is 1. The lowest BCUT2D eigenvalue weighted by Crippen LogP contribution is -2.19. The van der Waals surface area contributed by atoms with Crippen LogP contribution in [0.2, 0.25) is 0 Å². The lowest BCUT2D eigenvalue weighted by molar-refractivity contribution is -0.0368. The van der Waals surface area contributed by atoms with Gasteiger partial charge in [-0.25, -0.2) is 4.68 Å². The first-order valence-electron chi connectivity index (χ1n) is 5.60. The van der Waals surface area contributed by atoms with Crippen molar-refractivity contribution >= 4 is 33.5 Å². The Labute approximate surface area is 108 Å². The number of benzene rings is 1. The first kappa shape index (κ1) is 10.5. The van der Waals surface area contributed by atoms with Crippen LogP contribution in [-0.4, -0.2) is 16.4 Å². The molecule has 16 heavy (non-hydrogen) atoms. The van der Waals surface area contributed by atoms with Crippen molar-refractivity contribution < 1.29 is 4.74 Å². The third-order valence-electron chi connectivity index (χ3n) is 3.00. The molecule has 4 heteroatoms. The maximum absolute atomic E-state index is 5.78. The van der Waals surface area contributed by atoms with Gasteiger partial charge in [-0.15, -0.1) is 0 Å². The Morgan fingerprint density at radius 1 is 1.31 bits per heavy atom. The molecule has 2 aromatic rings. The molecule has 0 spiro atoms. The lowest BCUT2D eigenvalue weighted by atomic mass is 10.2. The highest BCUT2D eigenvalue weighted by atomic mass is 127. The van der Waals surface area contributed by atoms with Crippen LogP contribution in [0.4, 0.5) is 0 Å². The molecule has 1 aliphatic rings. The van der Waals surface area contributed by atoms with E-state index < -0.39 is 0 Å². The Hall–Kier alpha value is -0.620. The average Bonchev–Trinajstić information content (AvgIpc) is 2.69. The van der Waals surface area contributed by atoms with Crippen LogP contribution < -0.4 is 0 Å². The highest BCUT2D eigenvalue weighted by Crippen LogP contribution is 2.28. The second-order valence-corrected chi connectivity index (χ2v) is 5.10. The molecule has 1 aromatic heterocycles. The summed E-state index contributed by atoms with van der Waals surface area (Å²) < 4.78 is 8.88. The molecule has 84 valence electrons. The van der Waals surface area contributed by atoms with Gasteiger partial charge in [-0.1, -0.05) is 18.2 Å². The first-order chi connectivity index (χ1) is 7.86. The summed E-state index contributed by atoms with van der Waals surface area (Å²) >= 11 is 2.29. The molecule has 0 bridgehead atoms. The smallest absolute Gasteiger partial charge is 0.150 e. The van der Waals surface area contributed by atoms with Crippen molar-refractivity contribution in [3.8, 4) is 0 Å². The van der Waals surface area contributed by atoms with Crippen molar-refractivity contribution in [2.45, 2.75) is 25.5 Å². The second kappa shape index (κ2) is 4.33. The molecule has 0 amide bonds. The minimum atomic E-state index is 0.127. The number of halogens is 1. The lowest BCUT2D eigenvalue weighted by Gasteiger charge is -2.23. The van der Waals surface area contributed by atoms with Crippen LogP contribution in [0.1, 0.15) is 25.5 Å². The summed E-state index contributed by atoms with van der Waals surface area (Å²) in [5.41, 5.74) is 1.18. The van der Waals surface area contributed by atoms with E-state index in [0.717, 1.165) is 16.7 Å². The van der Waals surface area contributed by atoms with E-state index in [1.807, 2.05) is 4.68 Å². The van der Waals surface area contributed by atoms with Crippen molar-refractivity contribution in [2.24, 2.45) is 0 Å². The van der Waals surface area contributed by atoms with Crippen LogP contribution in [0.3, 0.4) is 0 Å². The predicted molar refractivity (Wildman–Crippen MR) is 71.3 cm³/mol. The minimum Gasteiger partial charge on any atom is -0.356 e. The molecule has 2 heterocycles. The number of para-hydroxylation sites is 1. The number of aromatic nitrogens is 2. The maximum atomic E-state index is 5.78. The molecule has 1 aliphatic heterocycles. The molecule has 0 aliphatic carbocycles. The molecule has 0 saturated carbocycles. The minimum absolute atomic E-state index is 0.127. The largest absolute Gasteiger partial charge is 0.356 e. The third-order valence-corrected chi connectivity index (χ3v) is 3.79. The predicted octanol–water partition coefficient (Wildman–Crippen LogP) is 3.34. The van der Waals surface area contributed by atoms with Crippen molar-refractivity contribution in [1.29, 1.82) is 0 Å². The quantitative estimate of drug-likeness (QED) is 0.751. The molecule has 0 radical (unpaired) electrons. The molecule has 3 rings (SSSR count). The maximum Gasteiger partial charge on any atom is 0.150 e. The highest BCUT2D eigenvalue weighted by molar-refractivity contribution is 14.1. The van der Waals surface area contributed by atoms with Gasteiger partial charge in [0.05, 0.1) is 5.52 Å². The van der Waals surface area contributed by atoms with Gasteiger partial charge < -0.3 is 4.74 Å². The number of nitrogens with zero attached hydrogens (tertiary/aromatic N) is 2. The van der Waals surface area contributed by atoms with Crippen LogP contribution in [0.5, 0.6) is 0 Å². The molecule has 1 fully saturated rings. The molecule has 1 saturated heterocycles. The first-order valence-corrected chi connectivity index (χ1v) is 6.68. The zero-order valence-electron chi connectivity index (χ0n) is 8.90. The molecule has 1 aromatic carbocycles. The summed E-state index contributed by atoms with van der Waals surface area (Å²) in [7, 11) is 0. The van der Waals surface area contributed by atoms with E-state index in [2.05, 4.69) is 52.0 Å². The number of rotatable bonds is 1. The Kier molecular flexibility index (Phi) is 2.85. The summed E-state index contributed by atoms with van der Waals surface area (Å²) in [6.45, 7) is 0.857. The van der Waals surface area contributed by atoms with E-state index in [-0.39, 0.29) is 6.23 Å². The fourth-order valence-electron chi connectivity index (χ4n) is 2.19. The van der Waals surface area contributed by atoms with E-state index in [4.69, 9.17) is 4.74 Å². The highest BCUT2D eigenvalue weighted by Gasteiger charge is 2.19. The van der Waals surface area contributed by atoms with Gasteiger partial charge in [-0.3, -0.25) is 0 Å². The van der Waals surface area contributed by atoms with Gasteiger partial charge in [-0.05, 0) is 47.9 Å². The van der Waals surface area contributed by atoms with E-state index in [1.165, 1.54) is 23.7 Å². The van der Waals surface area contributed by atoms with Crippen LogP contribution >= 0.6 is 22.6 Å². The molecular weight excluding hydrogens is 315 g/mol. The van der Waals surface area contributed by atoms with Crippen LogP contribution in [0.15, 0.2) is 24.3 Å². The summed E-state index contributed by atoms with van der Waals surface area (Å²) in [6, 6.07) is 8.34. The normalized spacial score (nSPS) is 21.4. The van der Waals surface area contributed by atoms with Gasteiger partial charge in [0.2, 0.25) is 0 Å². The van der Waals surface area contributed by atoms with Gasteiger partial charge in [0.15, 0.2) is 6.23 Å². The molecular formula is C12H13IN2O. The number of ether oxygens (including phenoxy) is 1. The number of hydrogen-bond acceptors (Lipinski definition) is 2. The summed E-state index contributed by atoms with van der Waals surface area (Å²) in [5.74, 6) is 0. The Morgan fingerprint density at radius 2 is 2.19 bits per heavy atom. The summed E-state index contributed by atoms with van der Waals surface area (Å²) in [6.07, 6.45) is 3.60. The average molecular weight is 328 g/mol. The molecule has 0 N–H and O–H groups in total. The second-order valence-electron chi connectivity index (χ2n) is 4.07. The van der Waals surface area contributed by atoms with E-state index >= 15 is 0 Å². The number of hydrogen-bond donors (Lipinski definition) is 0. The fourth-order valence-corrected chi connectivity index (χ4v) is 2.87. The summed E-state index contributed by atoms with van der Waals surface area (Å²) in [4.78, 5) is 0. The van der Waals surface area contributed by atoms with Gasteiger partial charge in [-0.2, -0.15) is 5.10 Å². The fraction of sp³-hybridized carbons (Fsp3) is 0.417. The Morgan fingerprint density at radius 3 is 3.00 bits per heavy atom. The third kappa shape index (κ3) is 1.73. The monoisotopic (exact) mass is 328 g/mol. The van der Waals surface area contributed by atoms with Crippen molar-refractivity contribution in [3.63, 3.8) is 0 Å². The molecule has 1 atom stereocenters. The molecule has 1 unspecified atom stereocenters. The van der Waals surface area contributed by atoms with E-state index in [9.17, 15) is 0 Å². The van der Waals surface area contributed by atoms with E-state index in [0.29, 0.717) is 0 Å². The van der Waals surface area contributed by atoms with Gasteiger partial charge >= 0.3 is 0 Å². The Balaban J connectivity index is 2.08. The van der Waals surface area contributed by atoms with Crippen molar-refractivity contribution in [1.82, 2.24) is 9.78 Å².